The van der Waals surface area contributed by atoms with Crippen LogP contribution in [0.25, 0.3) is 11.3 Å². The number of aromatic nitrogens is 1. The van der Waals surface area contributed by atoms with Crippen molar-refractivity contribution >= 4 is 38.6 Å². The van der Waals surface area contributed by atoms with E-state index in [9.17, 15) is 9.32 Å². The van der Waals surface area contributed by atoms with Crippen molar-refractivity contribution in [3.8, 4) is 11.3 Å². The first-order valence-corrected chi connectivity index (χ1v) is 13.9. The number of pyridine rings is 1. The third kappa shape index (κ3) is 4.42. The summed E-state index contributed by atoms with van der Waals surface area (Å²) >= 11 is 6.57. The Morgan fingerprint density at radius 2 is 1.83 bits per heavy atom. The molecule has 0 spiro atoms. The van der Waals surface area contributed by atoms with E-state index in [0.29, 0.717) is 45.9 Å². The number of fused-ring (bicyclic) bond motifs is 2. The van der Waals surface area contributed by atoms with Crippen LogP contribution in [0.2, 0.25) is 5.02 Å². The summed E-state index contributed by atoms with van der Waals surface area (Å²) in [6.45, 7) is 0.586. The molecule has 0 aliphatic carbocycles. The molecule has 2 saturated heterocycles. The van der Waals surface area contributed by atoms with Gasteiger partial charge in [0, 0.05) is 16.7 Å². The molecular weight excluding hydrogens is 502 g/mol. The van der Waals surface area contributed by atoms with E-state index in [0.717, 1.165) is 11.3 Å². The van der Waals surface area contributed by atoms with E-state index >= 15 is 0 Å². The standard InChI is InChI=1S/C26H24ClN3O5S/c1-36(32,17-5-3-2-4-6-17)30-16-9-7-15(8-10-16)24-18(27)11-19-20(29-24)12-23(28-19)35-22-14-34-25-21(31)13-33-26(22)25/h2-11,21-22,25-26,31H,12-14H2,1H3/t21-,22-,25-,26-,36-/m1/s1. The van der Waals surface area contributed by atoms with Gasteiger partial charge in [-0.1, -0.05) is 41.9 Å². The predicted molar refractivity (Wildman–Crippen MR) is 137 cm³/mol. The minimum atomic E-state index is -2.56. The van der Waals surface area contributed by atoms with Crippen molar-refractivity contribution in [3.63, 3.8) is 0 Å². The molecule has 1 N–H and O–H groups in total. The van der Waals surface area contributed by atoms with E-state index < -0.39 is 15.8 Å². The summed E-state index contributed by atoms with van der Waals surface area (Å²) in [6.07, 6.45) is 0.447. The Bertz CT molecular complexity index is 1450. The minimum Gasteiger partial charge on any atom is -0.472 e. The number of rotatable bonds is 4. The van der Waals surface area contributed by atoms with Crippen LogP contribution in [0.4, 0.5) is 11.4 Å². The highest BCUT2D eigenvalue weighted by molar-refractivity contribution is 7.93. The number of hydrogen-bond acceptors (Lipinski definition) is 8. The summed E-state index contributed by atoms with van der Waals surface area (Å²) in [5, 5.41) is 10.4. The number of ether oxygens (including phenoxy) is 3. The quantitative estimate of drug-likeness (QED) is 0.544. The Balaban J connectivity index is 1.19. The highest BCUT2D eigenvalue weighted by atomic mass is 35.5. The van der Waals surface area contributed by atoms with Gasteiger partial charge < -0.3 is 19.3 Å². The first-order chi connectivity index (χ1) is 17.4. The van der Waals surface area contributed by atoms with Crippen molar-refractivity contribution in [3.05, 3.63) is 71.4 Å². The number of hydrogen-bond donors (Lipinski definition) is 1. The monoisotopic (exact) mass is 525 g/mol. The predicted octanol–water partition coefficient (Wildman–Crippen LogP) is 4.32. The lowest BCUT2D eigenvalue weighted by Gasteiger charge is -2.17. The molecule has 3 aliphatic rings. The zero-order valence-corrected chi connectivity index (χ0v) is 21.0. The van der Waals surface area contributed by atoms with Crippen molar-refractivity contribution in [1.29, 1.82) is 0 Å². The molecular formula is C26H24ClN3O5S. The van der Waals surface area contributed by atoms with Crippen LogP contribution < -0.4 is 0 Å². The number of aliphatic hydroxyl groups is 1. The molecule has 3 aromatic rings. The summed E-state index contributed by atoms with van der Waals surface area (Å²) in [4.78, 5) is 10.0. The Morgan fingerprint density at radius 3 is 2.61 bits per heavy atom. The zero-order valence-electron chi connectivity index (χ0n) is 19.4. The van der Waals surface area contributed by atoms with Crippen LogP contribution >= 0.6 is 11.6 Å². The summed E-state index contributed by atoms with van der Waals surface area (Å²) < 4.78 is 34.9. The number of aliphatic imine (C=N–C) groups is 1. The van der Waals surface area contributed by atoms with Crippen LogP contribution in [0.15, 0.2) is 74.9 Å². The van der Waals surface area contributed by atoms with E-state index in [1.807, 2.05) is 54.6 Å². The Morgan fingerprint density at radius 1 is 1.08 bits per heavy atom. The van der Waals surface area contributed by atoms with Crippen LogP contribution in [-0.4, -0.2) is 64.1 Å². The number of aliphatic hydroxyl groups excluding tert-OH is 1. The van der Waals surface area contributed by atoms with Crippen LogP contribution in [0.5, 0.6) is 0 Å². The van der Waals surface area contributed by atoms with Gasteiger partial charge in [0.05, 0.1) is 57.1 Å². The summed E-state index contributed by atoms with van der Waals surface area (Å²) in [5.74, 6) is 0.526. The van der Waals surface area contributed by atoms with Gasteiger partial charge in [0.15, 0.2) is 12.0 Å². The first-order valence-electron chi connectivity index (χ1n) is 11.6. The fraction of sp³-hybridized carbons (Fsp3) is 0.308. The maximum absolute atomic E-state index is 13.1. The highest BCUT2D eigenvalue weighted by Gasteiger charge is 2.48. The second-order valence-electron chi connectivity index (χ2n) is 9.04. The van der Waals surface area contributed by atoms with Gasteiger partial charge >= 0.3 is 0 Å². The number of nitrogens with zero attached hydrogens (tertiary/aromatic N) is 3. The molecule has 10 heteroatoms. The van der Waals surface area contributed by atoms with Gasteiger partial charge in [-0.2, -0.15) is 4.36 Å². The third-order valence-corrected chi connectivity index (χ3v) is 8.46. The highest BCUT2D eigenvalue weighted by Crippen LogP contribution is 2.37. The van der Waals surface area contributed by atoms with E-state index in [1.54, 1.807) is 12.3 Å². The molecule has 0 radical (unpaired) electrons. The molecule has 0 saturated carbocycles. The Kier molecular flexibility index (Phi) is 6.05. The molecule has 1 aromatic heterocycles. The van der Waals surface area contributed by atoms with Crippen LogP contribution in [0.1, 0.15) is 5.69 Å². The van der Waals surface area contributed by atoms with E-state index in [2.05, 4.69) is 9.36 Å². The van der Waals surface area contributed by atoms with E-state index in [-0.39, 0.29) is 24.9 Å². The maximum Gasteiger partial charge on any atom is 0.195 e. The van der Waals surface area contributed by atoms with Crippen LogP contribution in [0.3, 0.4) is 0 Å². The summed E-state index contributed by atoms with van der Waals surface area (Å²) in [5.41, 5.74) is 3.50. The molecule has 0 amide bonds. The van der Waals surface area contributed by atoms with Crippen molar-refractivity contribution in [2.24, 2.45) is 9.36 Å². The normalized spacial score (nSPS) is 26.1. The van der Waals surface area contributed by atoms with Gasteiger partial charge in [-0.3, -0.25) is 0 Å². The molecule has 3 aliphatic heterocycles. The van der Waals surface area contributed by atoms with Gasteiger partial charge in [-0.25, -0.2) is 14.2 Å². The molecule has 186 valence electrons. The molecule has 4 heterocycles. The molecule has 5 atom stereocenters. The van der Waals surface area contributed by atoms with Gasteiger partial charge in [0.25, 0.3) is 0 Å². The molecule has 6 rings (SSSR count). The lowest BCUT2D eigenvalue weighted by molar-refractivity contribution is 0.00558. The summed E-state index contributed by atoms with van der Waals surface area (Å²) in [7, 11) is -2.56. The third-order valence-electron chi connectivity index (χ3n) is 6.47. The maximum atomic E-state index is 13.1. The lowest BCUT2D eigenvalue weighted by Crippen LogP contribution is -2.34. The average molecular weight is 526 g/mol. The fourth-order valence-electron chi connectivity index (χ4n) is 4.66. The first kappa shape index (κ1) is 23.6. The molecule has 0 unspecified atom stereocenters. The molecule has 0 bridgehead atoms. The van der Waals surface area contributed by atoms with E-state index in [4.69, 9.17) is 30.8 Å². The largest absolute Gasteiger partial charge is 0.472 e. The molecule has 2 aromatic carbocycles. The van der Waals surface area contributed by atoms with Crippen molar-refractivity contribution in [1.82, 2.24) is 4.98 Å². The average Bonchev–Trinajstić information content (AvgIpc) is 3.56. The van der Waals surface area contributed by atoms with Crippen molar-refractivity contribution < 1.29 is 23.5 Å². The molecule has 36 heavy (non-hydrogen) atoms. The molecule has 8 nitrogen and oxygen atoms in total. The molecule has 2 fully saturated rings. The summed E-state index contributed by atoms with van der Waals surface area (Å²) in [6, 6.07) is 18.4. The SMILES string of the molecule is C[S@](=O)(=Nc1ccc(-c2nc3c(cc2Cl)N=C(O[C@@H]2CO[C@H]4[C@@H]2OC[C@H]4O)C3)cc1)c1ccccc1. The van der Waals surface area contributed by atoms with Crippen LogP contribution in [0, 0.1) is 0 Å². The van der Waals surface area contributed by atoms with Crippen molar-refractivity contribution in [2.45, 2.75) is 35.7 Å². The lowest BCUT2D eigenvalue weighted by atomic mass is 10.1. The van der Waals surface area contributed by atoms with Gasteiger partial charge in [-0.15, -0.1) is 0 Å². The van der Waals surface area contributed by atoms with Crippen molar-refractivity contribution in [2.75, 3.05) is 19.5 Å². The smallest absolute Gasteiger partial charge is 0.195 e. The fourth-order valence-corrected chi connectivity index (χ4v) is 6.20. The van der Waals surface area contributed by atoms with Gasteiger partial charge in [-0.05, 0) is 30.3 Å². The van der Waals surface area contributed by atoms with Gasteiger partial charge in [0.2, 0.25) is 0 Å². The van der Waals surface area contributed by atoms with Crippen LogP contribution in [-0.2, 0) is 30.4 Å². The Hall–Kier alpha value is -2.82. The number of halogens is 1. The minimum absolute atomic E-state index is 0.246. The second kappa shape index (κ2) is 9.24. The zero-order chi connectivity index (χ0) is 24.9. The van der Waals surface area contributed by atoms with E-state index in [1.165, 1.54) is 0 Å². The Labute approximate surface area is 214 Å². The van der Waals surface area contributed by atoms with Gasteiger partial charge in [0.1, 0.15) is 18.3 Å². The topological polar surface area (TPSA) is 103 Å². The number of benzene rings is 2. The second-order valence-corrected chi connectivity index (χ2v) is 11.7.